The van der Waals surface area contributed by atoms with Crippen molar-refractivity contribution in [3.8, 4) is 11.4 Å². The maximum atomic E-state index is 14.0. The average Bonchev–Trinajstić information content (AvgIpc) is 3.17. The quantitative estimate of drug-likeness (QED) is 0.649. The lowest BCUT2D eigenvalue weighted by atomic mass is 10.1. The van der Waals surface area contributed by atoms with Crippen LogP contribution in [-0.4, -0.2) is 52.0 Å². The van der Waals surface area contributed by atoms with Crippen molar-refractivity contribution in [2.75, 3.05) is 26.2 Å². The molecule has 3 aromatic rings. The summed E-state index contributed by atoms with van der Waals surface area (Å²) in [7, 11) is 0. The summed E-state index contributed by atoms with van der Waals surface area (Å²) >= 11 is 5.76. The molecule has 0 unspecified atom stereocenters. The molecule has 1 aromatic heterocycles. The van der Waals surface area contributed by atoms with Crippen molar-refractivity contribution in [1.29, 1.82) is 0 Å². The Morgan fingerprint density at radius 2 is 1.86 bits per heavy atom. The fourth-order valence-corrected chi connectivity index (χ4v) is 3.43. The first-order chi connectivity index (χ1) is 14.0. The number of halogens is 2. The van der Waals surface area contributed by atoms with Crippen LogP contribution in [-0.2, 0) is 6.54 Å². The minimum atomic E-state index is -0.598. The van der Waals surface area contributed by atoms with Crippen molar-refractivity contribution in [3.05, 3.63) is 70.3 Å². The van der Waals surface area contributed by atoms with Crippen molar-refractivity contribution in [2.24, 2.45) is 0 Å². The second-order valence-corrected chi connectivity index (χ2v) is 7.51. The van der Waals surface area contributed by atoms with Crippen molar-refractivity contribution < 1.29 is 13.7 Å². The number of aryl methyl sites for hydroxylation is 1. The van der Waals surface area contributed by atoms with Gasteiger partial charge < -0.3 is 9.42 Å². The highest BCUT2D eigenvalue weighted by molar-refractivity contribution is 6.30. The van der Waals surface area contributed by atoms with Crippen LogP contribution in [0.3, 0.4) is 0 Å². The molecule has 150 valence electrons. The first-order valence-electron chi connectivity index (χ1n) is 9.36. The molecule has 0 radical (unpaired) electrons. The van der Waals surface area contributed by atoms with E-state index in [2.05, 4.69) is 15.0 Å². The topological polar surface area (TPSA) is 62.5 Å². The van der Waals surface area contributed by atoms with Crippen molar-refractivity contribution in [1.82, 2.24) is 19.9 Å². The Hall–Kier alpha value is -2.77. The van der Waals surface area contributed by atoms with Crippen LogP contribution in [0.1, 0.15) is 21.8 Å². The number of hydrogen-bond donors (Lipinski definition) is 0. The Balaban J connectivity index is 1.34. The summed E-state index contributed by atoms with van der Waals surface area (Å²) in [6, 6.07) is 12.0. The van der Waals surface area contributed by atoms with Gasteiger partial charge in [0.15, 0.2) is 0 Å². The SMILES string of the molecule is Cc1ccc(-c2noc(CN3CCN(C(=O)c4ccc(Cl)cc4F)CC3)n2)cc1. The number of nitrogens with zero attached hydrogens (tertiary/aromatic N) is 4. The van der Waals surface area contributed by atoms with Crippen LogP contribution in [0.2, 0.25) is 5.02 Å². The Morgan fingerprint density at radius 3 is 2.55 bits per heavy atom. The van der Waals surface area contributed by atoms with Crippen LogP contribution in [0.15, 0.2) is 47.0 Å². The molecule has 0 aliphatic carbocycles. The third kappa shape index (κ3) is 4.46. The minimum absolute atomic E-state index is 0.0440. The maximum Gasteiger partial charge on any atom is 0.256 e. The van der Waals surface area contributed by atoms with Gasteiger partial charge in [0.05, 0.1) is 12.1 Å². The Labute approximate surface area is 172 Å². The van der Waals surface area contributed by atoms with Crippen LogP contribution in [0.25, 0.3) is 11.4 Å². The molecule has 0 bridgehead atoms. The third-order valence-electron chi connectivity index (χ3n) is 4.96. The normalized spacial score (nSPS) is 14.9. The molecule has 2 heterocycles. The molecule has 8 heteroatoms. The summed E-state index contributed by atoms with van der Waals surface area (Å²) in [6.07, 6.45) is 0. The average molecular weight is 415 g/mol. The molecule has 1 aliphatic heterocycles. The summed E-state index contributed by atoms with van der Waals surface area (Å²) in [5.74, 6) is 0.175. The highest BCUT2D eigenvalue weighted by atomic mass is 35.5. The van der Waals surface area contributed by atoms with E-state index in [-0.39, 0.29) is 16.5 Å². The first kappa shape index (κ1) is 19.5. The van der Waals surface area contributed by atoms with Crippen molar-refractivity contribution in [2.45, 2.75) is 13.5 Å². The summed E-state index contributed by atoms with van der Waals surface area (Å²) in [5.41, 5.74) is 2.12. The fraction of sp³-hybridized carbons (Fsp3) is 0.286. The number of hydrogen-bond acceptors (Lipinski definition) is 5. The van der Waals surface area contributed by atoms with Gasteiger partial charge in [-0.25, -0.2) is 4.39 Å². The number of carbonyl (C=O) groups is 1. The fourth-order valence-electron chi connectivity index (χ4n) is 3.27. The van der Waals surface area contributed by atoms with Gasteiger partial charge in [-0.15, -0.1) is 0 Å². The Kier molecular flexibility index (Phi) is 5.60. The van der Waals surface area contributed by atoms with Crippen LogP contribution in [0.5, 0.6) is 0 Å². The van der Waals surface area contributed by atoms with Gasteiger partial charge in [0.1, 0.15) is 5.82 Å². The molecule has 1 amide bonds. The first-order valence-corrected chi connectivity index (χ1v) is 9.74. The molecule has 1 aliphatic rings. The van der Waals surface area contributed by atoms with E-state index < -0.39 is 5.82 Å². The van der Waals surface area contributed by atoms with Gasteiger partial charge in [-0.05, 0) is 25.1 Å². The van der Waals surface area contributed by atoms with Gasteiger partial charge in [0.2, 0.25) is 11.7 Å². The molecule has 1 saturated heterocycles. The molecule has 0 atom stereocenters. The highest BCUT2D eigenvalue weighted by Crippen LogP contribution is 2.19. The van der Waals surface area contributed by atoms with Crippen molar-refractivity contribution >= 4 is 17.5 Å². The summed E-state index contributed by atoms with van der Waals surface area (Å²) in [5, 5.41) is 4.32. The largest absolute Gasteiger partial charge is 0.338 e. The van der Waals surface area contributed by atoms with E-state index in [1.54, 1.807) is 4.90 Å². The van der Waals surface area contributed by atoms with Gasteiger partial charge in [-0.3, -0.25) is 9.69 Å². The van der Waals surface area contributed by atoms with Crippen LogP contribution >= 0.6 is 11.6 Å². The van der Waals surface area contributed by atoms with Gasteiger partial charge in [0.25, 0.3) is 5.91 Å². The van der Waals surface area contributed by atoms with Crippen molar-refractivity contribution in [3.63, 3.8) is 0 Å². The van der Waals surface area contributed by atoms with Gasteiger partial charge in [0, 0.05) is 36.8 Å². The molecule has 6 nitrogen and oxygen atoms in total. The number of amides is 1. The Morgan fingerprint density at radius 1 is 1.14 bits per heavy atom. The van der Waals surface area contributed by atoms with E-state index in [0.29, 0.717) is 44.4 Å². The smallest absolute Gasteiger partial charge is 0.256 e. The molecular formula is C21H20ClFN4O2. The lowest BCUT2D eigenvalue weighted by Gasteiger charge is -2.34. The molecule has 1 fully saturated rings. The second-order valence-electron chi connectivity index (χ2n) is 7.07. The van der Waals surface area contributed by atoms with Gasteiger partial charge >= 0.3 is 0 Å². The molecule has 0 saturated carbocycles. The summed E-state index contributed by atoms with van der Waals surface area (Å²) in [4.78, 5) is 20.8. The van der Waals surface area contributed by atoms with E-state index in [1.165, 1.54) is 17.7 Å². The molecule has 0 spiro atoms. The predicted molar refractivity (Wildman–Crippen MR) is 107 cm³/mol. The molecule has 29 heavy (non-hydrogen) atoms. The van der Waals surface area contributed by atoms with Crippen LogP contribution in [0.4, 0.5) is 4.39 Å². The van der Waals surface area contributed by atoms with E-state index >= 15 is 0 Å². The zero-order chi connectivity index (χ0) is 20.4. The van der Waals surface area contributed by atoms with E-state index in [9.17, 15) is 9.18 Å². The second kappa shape index (κ2) is 8.31. The van der Waals surface area contributed by atoms with E-state index in [0.717, 1.165) is 11.6 Å². The number of benzene rings is 2. The van der Waals surface area contributed by atoms with Crippen LogP contribution in [0, 0.1) is 12.7 Å². The predicted octanol–water partition coefficient (Wildman–Crippen LogP) is 3.80. The molecule has 2 aromatic carbocycles. The number of aromatic nitrogens is 2. The van der Waals surface area contributed by atoms with Crippen LogP contribution < -0.4 is 0 Å². The monoisotopic (exact) mass is 414 g/mol. The van der Waals surface area contributed by atoms with E-state index in [1.807, 2.05) is 31.2 Å². The van der Waals surface area contributed by atoms with Gasteiger partial charge in [-0.1, -0.05) is 46.6 Å². The molecule has 0 N–H and O–H groups in total. The summed E-state index contributed by atoms with van der Waals surface area (Å²) < 4.78 is 19.4. The number of carbonyl (C=O) groups excluding carboxylic acids is 1. The lowest BCUT2D eigenvalue weighted by molar-refractivity contribution is 0.0610. The lowest BCUT2D eigenvalue weighted by Crippen LogP contribution is -2.48. The maximum absolute atomic E-state index is 14.0. The highest BCUT2D eigenvalue weighted by Gasteiger charge is 2.25. The van der Waals surface area contributed by atoms with Gasteiger partial charge in [-0.2, -0.15) is 4.98 Å². The molecule has 4 rings (SSSR count). The minimum Gasteiger partial charge on any atom is -0.338 e. The Bertz CT molecular complexity index is 1010. The standard InChI is InChI=1S/C21H20ClFN4O2/c1-14-2-4-15(5-3-14)20-24-19(29-25-20)13-26-8-10-27(11-9-26)21(28)17-7-6-16(22)12-18(17)23/h2-7,12H,8-11,13H2,1H3. The number of piperazine rings is 1. The summed E-state index contributed by atoms with van der Waals surface area (Å²) in [6.45, 7) is 4.82. The zero-order valence-electron chi connectivity index (χ0n) is 15.9. The van der Waals surface area contributed by atoms with E-state index in [4.69, 9.17) is 16.1 Å². The molecular weight excluding hydrogens is 395 g/mol. The zero-order valence-corrected chi connectivity index (χ0v) is 16.7. The number of rotatable bonds is 4. The third-order valence-corrected chi connectivity index (χ3v) is 5.19.